The number of hydrogen-bond acceptors (Lipinski definition) is 2. The first kappa shape index (κ1) is 33.2. The summed E-state index contributed by atoms with van der Waals surface area (Å²) in [6.07, 6.45) is 0. The standard InChI is InChI=1S/C55H39NO/c1-55(2)48-27-10-8-24-45(48)46-30-29-42(35-49(46)55)56(41-22-13-20-39(34-41)44-26-14-18-37-17-6-7-23-43(37)44)50-31-32-52-54(47-25-9-11-28-51(47)57-52)53(50)40-21-12-19-38(33-40)36-15-4-3-5-16-36/h3-35H,1-2H3. The Morgan fingerprint density at radius 3 is 1.96 bits per heavy atom. The maximum absolute atomic E-state index is 6.60. The molecule has 0 unspecified atom stereocenters. The van der Waals surface area contributed by atoms with E-state index in [2.05, 4.69) is 219 Å². The fourth-order valence-electron chi connectivity index (χ4n) is 9.32. The molecule has 270 valence electrons. The summed E-state index contributed by atoms with van der Waals surface area (Å²) in [7, 11) is 0. The van der Waals surface area contributed by atoms with Crippen molar-refractivity contribution >= 4 is 49.8 Å². The summed E-state index contributed by atoms with van der Waals surface area (Å²) >= 11 is 0. The van der Waals surface area contributed by atoms with E-state index in [0.29, 0.717) is 0 Å². The van der Waals surface area contributed by atoms with Gasteiger partial charge in [-0.2, -0.15) is 0 Å². The van der Waals surface area contributed by atoms with Gasteiger partial charge >= 0.3 is 0 Å². The molecule has 1 heterocycles. The van der Waals surface area contributed by atoms with Crippen LogP contribution in [0, 0.1) is 0 Å². The predicted molar refractivity (Wildman–Crippen MR) is 240 cm³/mol. The molecule has 1 aliphatic carbocycles. The molecule has 0 atom stereocenters. The quantitative estimate of drug-likeness (QED) is 0.169. The van der Waals surface area contributed by atoms with Crippen molar-refractivity contribution in [2.24, 2.45) is 0 Å². The van der Waals surface area contributed by atoms with Gasteiger partial charge in [0.2, 0.25) is 0 Å². The Hall–Kier alpha value is -7.16. The van der Waals surface area contributed by atoms with Crippen LogP contribution in [0.15, 0.2) is 205 Å². The van der Waals surface area contributed by atoms with Crippen molar-refractivity contribution in [3.8, 4) is 44.5 Å². The molecule has 0 amide bonds. The van der Waals surface area contributed by atoms with Crippen LogP contribution in [0.4, 0.5) is 17.1 Å². The third kappa shape index (κ3) is 5.33. The highest BCUT2D eigenvalue weighted by molar-refractivity contribution is 6.16. The number of anilines is 3. The fraction of sp³-hybridized carbons (Fsp3) is 0.0545. The van der Waals surface area contributed by atoms with Gasteiger partial charge in [-0.1, -0.05) is 166 Å². The van der Waals surface area contributed by atoms with Crippen LogP contribution in [-0.2, 0) is 5.41 Å². The zero-order chi connectivity index (χ0) is 38.1. The summed E-state index contributed by atoms with van der Waals surface area (Å²) in [5, 5.41) is 4.68. The van der Waals surface area contributed by atoms with Gasteiger partial charge in [0.25, 0.3) is 0 Å². The molecule has 9 aromatic carbocycles. The van der Waals surface area contributed by atoms with E-state index < -0.39 is 0 Å². The summed E-state index contributed by atoms with van der Waals surface area (Å²) in [5.41, 5.74) is 17.2. The second-order valence-corrected chi connectivity index (χ2v) is 15.7. The van der Waals surface area contributed by atoms with Crippen LogP contribution in [0.5, 0.6) is 0 Å². The maximum Gasteiger partial charge on any atom is 0.136 e. The minimum absolute atomic E-state index is 0.157. The van der Waals surface area contributed by atoms with Crippen LogP contribution in [0.2, 0.25) is 0 Å². The van der Waals surface area contributed by atoms with Gasteiger partial charge in [0.15, 0.2) is 0 Å². The minimum atomic E-state index is -0.157. The Balaban J connectivity index is 1.21. The Bertz CT molecular complexity index is 3160. The fourth-order valence-corrected chi connectivity index (χ4v) is 9.32. The van der Waals surface area contributed by atoms with Gasteiger partial charge in [-0.3, -0.25) is 0 Å². The lowest BCUT2D eigenvalue weighted by molar-refractivity contribution is 0.660. The Morgan fingerprint density at radius 1 is 0.404 bits per heavy atom. The first-order valence-corrected chi connectivity index (χ1v) is 19.8. The smallest absolute Gasteiger partial charge is 0.136 e. The van der Waals surface area contributed by atoms with Gasteiger partial charge in [0, 0.05) is 33.1 Å². The third-order valence-electron chi connectivity index (χ3n) is 12.1. The molecule has 0 bridgehead atoms. The molecule has 1 aromatic heterocycles. The van der Waals surface area contributed by atoms with Crippen LogP contribution < -0.4 is 4.90 Å². The zero-order valence-electron chi connectivity index (χ0n) is 31.9. The molecule has 0 fully saturated rings. The van der Waals surface area contributed by atoms with Crippen molar-refractivity contribution in [1.82, 2.24) is 0 Å². The van der Waals surface area contributed by atoms with Crippen LogP contribution in [0.1, 0.15) is 25.0 Å². The van der Waals surface area contributed by atoms with E-state index in [1.807, 2.05) is 0 Å². The minimum Gasteiger partial charge on any atom is -0.456 e. The molecule has 0 N–H and O–H groups in total. The molecule has 57 heavy (non-hydrogen) atoms. The molecule has 0 saturated carbocycles. The van der Waals surface area contributed by atoms with Crippen LogP contribution in [-0.4, -0.2) is 0 Å². The number of nitrogens with zero attached hydrogens (tertiary/aromatic N) is 1. The number of para-hydroxylation sites is 1. The Labute approximate surface area is 332 Å². The van der Waals surface area contributed by atoms with Crippen molar-refractivity contribution in [2.75, 3.05) is 4.90 Å². The lowest BCUT2D eigenvalue weighted by Gasteiger charge is -2.30. The second-order valence-electron chi connectivity index (χ2n) is 15.7. The van der Waals surface area contributed by atoms with E-state index in [9.17, 15) is 0 Å². The summed E-state index contributed by atoms with van der Waals surface area (Å²) in [5.74, 6) is 0. The highest BCUT2D eigenvalue weighted by Crippen LogP contribution is 2.53. The zero-order valence-corrected chi connectivity index (χ0v) is 31.9. The van der Waals surface area contributed by atoms with E-state index in [1.54, 1.807) is 0 Å². The van der Waals surface area contributed by atoms with E-state index in [-0.39, 0.29) is 5.41 Å². The molecule has 11 rings (SSSR count). The molecule has 10 aromatic rings. The molecule has 0 radical (unpaired) electrons. The lowest BCUT2D eigenvalue weighted by atomic mass is 9.82. The summed E-state index contributed by atoms with van der Waals surface area (Å²) in [6.45, 7) is 4.72. The van der Waals surface area contributed by atoms with E-state index in [4.69, 9.17) is 4.42 Å². The SMILES string of the molecule is CC1(C)c2ccccc2-c2ccc(N(c3cccc(-c4cccc5ccccc45)c3)c3ccc4oc5ccccc5c4c3-c3cccc(-c4ccccc4)c3)cc21. The van der Waals surface area contributed by atoms with Crippen molar-refractivity contribution < 1.29 is 4.42 Å². The van der Waals surface area contributed by atoms with Gasteiger partial charge in [-0.05, 0) is 109 Å². The monoisotopic (exact) mass is 729 g/mol. The summed E-state index contributed by atoms with van der Waals surface area (Å²) in [4.78, 5) is 2.47. The average Bonchev–Trinajstić information content (AvgIpc) is 3.76. The maximum atomic E-state index is 6.60. The van der Waals surface area contributed by atoms with E-state index >= 15 is 0 Å². The number of rotatable bonds is 6. The first-order chi connectivity index (χ1) is 28.0. The molecule has 0 saturated heterocycles. The Morgan fingerprint density at radius 2 is 1.05 bits per heavy atom. The predicted octanol–water partition coefficient (Wildman–Crippen LogP) is 15.5. The number of benzene rings is 9. The average molecular weight is 730 g/mol. The first-order valence-electron chi connectivity index (χ1n) is 19.8. The van der Waals surface area contributed by atoms with E-state index in [0.717, 1.165) is 50.1 Å². The molecule has 2 nitrogen and oxygen atoms in total. The molecular formula is C55H39NO. The van der Waals surface area contributed by atoms with Gasteiger partial charge in [0.05, 0.1) is 5.69 Å². The summed E-state index contributed by atoms with van der Waals surface area (Å²) in [6, 6.07) is 72.7. The molecule has 2 heteroatoms. The van der Waals surface area contributed by atoms with Crippen molar-refractivity contribution in [3.05, 3.63) is 211 Å². The topological polar surface area (TPSA) is 16.4 Å². The highest BCUT2D eigenvalue weighted by Gasteiger charge is 2.36. The largest absolute Gasteiger partial charge is 0.456 e. The number of fused-ring (bicyclic) bond motifs is 7. The Kier molecular flexibility index (Phi) is 7.55. The van der Waals surface area contributed by atoms with Crippen molar-refractivity contribution in [1.29, 1.82) is 0 Å². The van der Waals surface area contributed by atoms with Crippen LogP contribution in [0.3, 0.4) is 0 Å². The lowest BCUT2D eigenvalue weighted by Crippen LogP contribution is -2.17. The molecule has 0 spiro atoms. The number of hydrogen-bond donors (Lipinski definition) is 0. The second kappa shape index (κ2) is 13.0. The van der Waals surface area contributed by atoms with Gasteiger partial charge in [-0.25, -0.2) is 0 Å². The number of furan rings is 1. The summed E-state index contributed by atoms with van der Waals surface area (Å²) < 4.78 is 6.60. The van der Waals surface area contributed by atoms with Gasteiger partial charge in [-0.15, -0.1) is 0 Å². The highest BCUT2D eigenvalue weighted by atomic mass is 16.3. The van der Waals surface area contributed by atoms with E-state index in [1.165, 1.54) is 55.3 Å². The third-order valence-corrected chi connectivity index (χ3v) is 12.1. The van der Waals surface area contributed by atoms with Crippen LogP contribution >= 0.6 is 0 Å². The van der Waals surface area contributed by atoms with Crippen molar-refractivity contribution in [3.63, 3.8) is 0 Å². The molecular weight excluding hydrogens is 691 g/mol. The van der Waals surface area contributed by atoms with Crippen LogP contribution in [0.25, 0.3) is 77.2 Å². The van der Waals surface area contributed by atoms with Gasteiger partial charge < -0.3 is 9.32 Å². The normalized spacial score (nSPS) is 12.9. The molecule has 1 aliphatic rings. The molecule has 0 aliphatic heterocycles. The van der Waals surface area contributed by atoms with Gasteiger partial charge in [0.1, 0.15) is 11.2 Å². The van der Waals surface area contributed by atoms with Crippen molar-refractivity contribution in [2.45, 2.75) is 19.3 Å².